The zero-order valence-corrected chi connectivity index (χ0v) is 13.5. The van der Waals surface area contributed by atoms with Crippen LogP contribution in [0, 0.1) is 5.92 Å². The Morgan fingerprint density at radius 2 is 2.00 bits per heavy atom. The third-order valence-electron chi connectivity index (χ3n) is 2.74. The van der Waals surface area contributed by atoms with Crippen molar-refractivity contribution in [3.8, 4) is 0 Å². The highest BCUT2D eigenvalue weighted by atomic mass is 79.9. The summed E-state index contributed by atoms with van der Waals surface area (Å²) in [6.45, 7) is 5.64. The number of carboxylic acid groups (broad SMARTS) is 1. The molecule has 0 saturated carbocycles. The first-order valence-electron chi connectivity index (χ1n) is 6.09. The Hall–Kier alpha value is -0.880. The maximum atomic E-state index is 12.1. The second-order valence-corrected chi connectivity index (χ2v) is 7.39. The predicted octanol–water partition coefficient (Wildman–Crippen LogP) is 3.23. The highest BCUT2D eigenvalue weighted by Gasteiger charge is 2.25. The van der Waals surface area contributed by atoms with Crippen LogP contribution in [0.2, 0.25) is 0 Å². The van der Waals surface area contributed by atoms with Crippen LogP contribution in [0.5, 0.6) is 0 Å². The highest BCUT2D eigenvalue weighted by molar-refractivity contribution is 9.11. The fraction of sp³-hybridized carbons (Fsp3) is 0.538. The van der Waals surface area contributed by atoms with Gasteiger partial charge in [-0.15, -0.1) is 11.3 Å². The van der Waals surface area contributed by atoms with Gasteiger partial charge in [-0.3, -0.25) is 4.79 Å². The molecule has 0 spiro atoms. The van der Waals surface area contributed by atoms with Crippen LogP contribution in [0.1, 0.15) is 38.0 Å². The third-order valence-corrected chi connectivity index (χ3v) is 4.54. The van der Waals surface area contributed by atoms with E-state index in [0.29, 0.717) is 6.42 Å². The van der Waals surface area contributed by atoms with Gasteiger partial charge in [-0.05, 0) is 47.3 Å². The van der Waals surface area contributed by atoms with Crippen molar-refractivity contribution in [2.45, 2.75) is 39.2 Å². The molecule has 0 saturated heterocycles. The molecule has 0 fully saturated rings. The van der Waals surface area contributed by atoms with Gasteiger partial charge in [-0.1, -0.05) is 13.8 Å². The Balaban J connectivity index is 2.68. The number of carbonyl (C=O) groups is 2. The molecule has 4 nitrogen and oxygen atoms in total. The van der Waals surface area contributed by atoms with Crippen molar-refractivity contribution in [2.24, 2.45) is 5.92 Å². The van der Waals surface area contributed by atoms with Crippen LogP contribution in [-0.2, 0) is 9.59 Å². The number of carbonyl (C=O) groups excluding carboxylic acids is 1. The summed E-state index contributed by atoms with van der Waals surface area (Å²) in [7, 11) is 0. The van der Waals surface area contributed by atoms with Gasteiger partial charge in [0, 0.05) is 4.88 Å². The summed E-state index contributed by atoms with van der Waals surface area (Å²) in [5.41, 5.74) is 0. The molecule has 106 valence electrons. The Kier molecular flexibility index (Phi) is 6.00. The highest BCUT2D eigenvalue weighted by Crippen LogP contribution is 2.28. The average Bonchev–Trinajstić information content (AvgIpc) is 2.73. The Morgan fingerprint density at radius 1 is 1.37 bits per heavy atom. The maximum Gasteiger partial charge on any atom is 0.326 e. The van der Waals surface area contributed by atoms with Gasteiger partial charge in [0.25, 0.3) is 0 Å². The van der Waals surface area contributed by atoms with Gasteiger partial charge in [0.1, 0.15) is 6.04 Å². The van der Waals surface area contributed by atoms with E-state index in [-0.39, 0.29) is 17.7 Å². The van der Waals surface area contributed by atoms with Gasteiger partial charge >= 0.3 is 5.97 Å². The molecular weight excluding hydrogens is 330 g/mol. The Morgan fingerprint density at radius 3 is 2.42 bits per heavy atom. The Labute approximate surface area is 125 Å². The summed E-state index contributed by atoms with van der Waals surface area (Å²) < 4.78 is 0.958. The molecule has 2 N–H and O–H groups in total. The summed E-state index contributed by atoms with van der Waals surface area (Å²) >= 11 is 4.83. The number of aliphatic carboxylic acids is 1. The van der Waals surface area contributed by atoms with Crippen molar-refractivity contribution < 1.29 is 14.7 Å². The van der Waals surface area contributed by atoms with Gasteiger partial charge in [-0.2, -0.15) is 0 Å². The van der Waals surface area contributed by atoms with Crippen LogP contribution in [0.3, 0.4) is 0 Å². The van der Waals surface area contributed by atoms with Gasteiger partial charge in [-0.25, -0.2) is 4.79 Å². The summed E-state index contributed by atoms with van der Waals surface area (Å²) in [6.07, 6.45) is 0.432. The lowest BCUT2D eigenvalue weighted by Crippen LogP contribution is -2.43. The molecule has 0 aliphatic rings. The van der Waals surface area contributed by atoms with Crippen LogP contribution in [-0.4, -0.2) is 23.0 Å². The van der Waals surface area contributed by atoms with Gasteiger partial charge in [0.2, 0.25) is 5.91 Å². The molecule has 1 aromatic rings. The summed E-state index contributed by atoms with van der Waals surface area (Å²) in [5.74, 6) is -1.36. The zero-order valence-electron chi connectivity index (χ0n) is 11.1. The largest absolute Gasteiger partial charge is 0.480 e. The summed E-state index contributed by atoms with van der Waals surface area (Å²) in [4.78, 5) is 24.1. The number of thiophene rings is 1. The topological polar surface area (TPSA) is 66.4 Å². The second-order valence-electron chi connectivity index (χ2n) is 4.89. The summed E-state index contributed by atoms with van der Waals surface area (Å²) in [5, 5.41) is 11.7. The molecule has 1 aromatic heterocycles. The first kappa shape index (κ1) is 16.2. The lowest BCUT2D eigenvalue weighted by Gasteiger charge is -2.18. The number of hydrogen-bond donors (Lipinski definition) is 2. The molecule has 0 aromatic carbocycles. The Bertz CT molecular complexity index is 458. The molecule has 6 heteroatoms. The SMILES string of the molecule is CC(C)C[C@@H](NC(=O)C(C)c1ccc(Br)s1)C(=O)O. The number of rotatable bonds is 6. The van der Waals surface area contributed by atoms with E-state index in [1.807, 2.05) is 26.0 Å². The minimum atomic E-state index is -0.985. The lowest BCUT2D eigenvalue weighted by molar-refractivity contribution is -0.142. The standard InChI is InChI=1S/C13H18BrNO3S/c1-7(2)6-9(13(17)18)15-12(16)8(3)10-4-5-11(14)19-10/h4-5,7-9H,6H2,1-3H3,(H,15,16)(H,17,18)/t8?,9-/m1/s1. The van der Waals surface area contributed by atoms with Crippen molar-refractivity contribution in [3.63, 3.8) is 0 Å². The van der Waals surface area contributed by atoms with E-state index in [2.05, 4.69) is 21.2 Å². The molecule has 1 amide bonds. The quantitative estimate of drug-likeness (QED) is 0.830. The number of nitrogens with one attached hydrogen (secondary N) is 1. The van der Waals surface area contributed by atoms with E-state index in [0.717, 1.165) is 8.66 Å². The van der Waals surface area contributed by atoms with Crippen LogP contribution in [0.25, 0.3) is 0 Å². The molecule has 0 aliphatic carbocycles. The first-order valence-corrected chi connectivity index (χ1v) is 7.70. The molecule has 0 aliphatic heterocycles. The van der Waals surface area contributed by atoms with Crippen molar-refractivity contribution in [1.29, 1.82) is 0 Å². The minimum absolute atomic E-state index is 0.215. The summed E-state index contributed by atoms with van der Waals surface area (Å²) in [6, 6.07) is 2.93. The molecule has 1 rings (SSSR count). The molecule has 0 radical (unpaired) electrons. The van der Waals surface area contributed by atoms with Crippen molar-refractivity contribution in [3.05, 3.63) is 20.8 Å². The fourth-order valence-electron chi connectivity index (χ4n) is 1.68. The van der Waals surface area contributed by atoms with E-state index in [1.54, 1.807) is 6.92 Å². The maximum absolute atomic E-state index is 12.1. The molecule has 2 atom stereocenters. The van der Waals surface area contributed by atoms with Crippen LogP contribution >= 0.6 is 27.3 Å². The average molecular weight is 348 g/mol. The number of carboxylic acids is 1. The van der Waals surface area contributed by atoms with Gasteiger partial charge < -0.3 is 10.4 Å². The molecule has 19 heavy (non-hydrogen) atoms. The number of amides is 1. The van der Waals surface area contributed by atoms with E-state index in [1.165, 1.54) is 11.3 Å². The number of halogens is 1. The van der Waals surface area contributed by atoms with E-state index in [4.69, 9.17) is 5.11 Å². The minimum Gasteiger partial charge on any atom is -0.480 e. The fourth-order valence-corrected chi connectivity index (χ4v) is 3.15. The van der Waals surface area contributed by atoms with Crippen LogP contribution < -0.4 is 5.32 Å². The van der Waals surface area contributed by atoms with Crippen LogP contribution in [0.4, 0.5) is 0 Å². The molecular formula is C13H18BrNO3S. The monoisotopic (exact) mass is 347 g/mol. The van der Waals surface area contributed by atoms with Crippen molar-refractivity contribution >= 4 is 39.1 Å². The molecule has 1 heterocycles. The van der Waals surface area contributed by atoms with Crippen molar-refractivity contribution in [1.82, 2.24) is 5.32 Å². The van der Waals surface area contributed by atoms with Crippen LogP contribution in [0.15, 0.2) is 15.9 Å². The smallest absolute Gasteiger partial charge is 0.326 e. The van der Waals surface area contributed by atoms with E-state index < -0.39 is 12.0 Å². The first-order chi connectivity index (χ1) is 8.81. The van der Waals surface area contributed by atoms with Gasteiger partial charge in [0.15, 0.2) is 0 Å². The second kappa shape index (κ2) is 7.05. The normalized spacial score (nSPS) is 14.2. The molecule has 0 bridgehead atoms. The molecule has 1 unspecified atom stereocenters. The zero-order chi connectivity index (χ0) is 14.6. The van der Waals surface area contributed by atoms with E-state index in [9.17, 15) is 9.59 Å². The third kappa shape index (κ3) is 4.95. The van der Waals surface area contributed by atoms with Crippen molar-refractivity contribution in [2.75, 3.05) is 0 Å². The lowest BCUT2D eigenvalue weighted by atomic mass is 10.0. The predicted molar refractivity (Wildman–Crippen MR) is 79.5 cm³/mol. The number of hydrogen-bond acceptors (Lipinski definition) is 3. The van der Waals surface area contributed by atoms with Gasteiger partial charge in [0.05, 0.1) is 9.70 Å². The van der Waals surface area contributed by atoms with E-state index >= 15 is 0 Å².